The summed E-state index contributed by atoms with van der Waals surface area (Å²) in [5.41, 5.74) is 2.42. The third-order valence-corrected chi connectivity index (χ3v) is 5.76. The second-order valence-corrected chi connectivity index (χ2v) is 7.04. The summed E-state index contributed by atoms with van der Waals surface area (Å²) in [7, 11) is 1.85. The number of nitrogens with zero attached hydrogens (tertiary/aromatic N) is 3. The highest BCUT2D eigenvalue weighted by Gasteiger charge is 2.28. The Morgan fingerprint density at radius 1 is 0.958 bits per heavy atom. The Kier molecular flexibility index (Phi) is 4.67. The second-order valence-electron chi connectivity index (χ2n) is 7.04. The Labute approximate surface area is 144 Å². The molecule has 1 aliphatic carbocycles. The topological polar surface area (TPSA) is 28.6 Å². The van der Waals surface area contributed by atoms with E-state index in [0.29, 0.717) is 6.10 Å². The van der Waals surface area contributed by atoms with Crippen LogP contribution in [0.3, 0.4) is 0 Å². The normalized spacial score (nSPS) is 26.0. The number of benzene rings is 1. The number of hydrogen-bond acceptors (Lipinski definition) is 4. The van der Waals surface area contributed by atoms with Gasteiger partial charge < -0.3 is 9.64 Å². The number of methoxy groups -OCH3 is 1. The molecule has 0 N–H and O–H groups in total. The Bertz CT molecular complexity index is 668. The van der Waals surface area contributed by atoms with Gasteiger partial charge in [-0.25, -0.2) is 0 Å². The molecule has 0 bridgehead atoms. The van der Waals surface area contributed by atoms with E-state index >= 15 is 0 Å². The largest absolute Gasteiger partial charge is 0.381 e. The summed E-state index contributed by atoms with van der Waals surface area (Å²) in [6.07, 6.45) is 7.40. The number of anilines is 1. The van der Waals surface area contributed by atoms with Gasteiger partial charge in [-0.15, -0.1) is 0 Å². The molecule has 0 unspecified atom stereocenters. The molecule has 128 valence electrons. The summed E-state index contributed by atoms with van der Waals surface area (Å²) in [5.74, 6) is 0. The van der Waals surface area contributed by atoms with Crippen molar-refractivity contribution in [1.82, 2.24) is 9.88 Å². The van der Waals surface area contributed by atoms with Crippen LogP contribution in [0.25, 0.3) is 10.9 Å². The first kappa shape index (κ1) is 15.9. The number of piperazine rings is 1. The van der Waals surface area contributed by atoms with Gasteiger partial charge in [0.2, 0.25) is 0 Å². The van der Waals surface area contributed by atoms with Crippen LogP contribution in [0, 0.1) is 0 Å². The van der Waals surface area contributed by atoms with Crippen LogP contribution in [-0.4, -0.2) is 55.3 Å². The van der Waals surface area contributed by atoms with E-state index < -0.39 is 0 Å². The molecule has 0 atom stereocenters. The monoisotopic (exact) mass is 325 g/mol. The summed E-state index contributed by atoms with van der Waals surface area (Å²) < 4.78 is 5.51. The lowest BCUT2D eigenvalue weighted by Crippen LogP contribution is -2.51. The minimum absolute atomic E-state index is 0.490. The minimum Gasteiger partial charge on any atom is -0.381 e. The molecule has 0 amide bonds. The van der Waals surface area contributed by atoms with Gasteiger partial charge in [0.05, 0.1) is 17.3 Å². The number of aromatic nitrogens is 1. The first-order valence-corrected chi connectivity index (χ1v) is 9.20. The molecule has 4 heteroatoms. The van der Waals surface area contributed by atoms with Crippen LogP contribution >= 0.6 is 0 Å². The molecular formula is C20H27N3O. The van der Waals surface area contributed by atoms with E-state index in [1.165, 1.54) is 36.8 Å². The summed E-state index contributed by atoms with van der Waals surface area (Å²) in [4.78, 5) is 9.82. The average molecular weight is 325 g/mol. The van der Waals surface area contributed by atoms with Crippen molar-refractivity contribution >= 4 is 16.6 Å². The van der Waals surface area contributed by atoms with Crippen molar-refractivity contribution in [3.63, 3.8) is 0 Å². The van der Waals surface area contributed by atoms with E-state index in [0.717, 1.165) is 37.7 Å². The zero-order chi connectivity index (χ0) is 16.4. The van der Waals surface area contributed by atoms with E-state index in [2.05, 4.69) is 39.0 Å². The highest BCUT2D eigenvalue weighted by molar-refractivity contribution is 5.90. The molecule has 4 nitrogen and oxygen atoms in total. The molecule has 4 rings (SSSR count). The van der Waals surface area contributed by atoms with Gasteiger partial charge in [0.15, 0.2) is 0 Å². The van der Waals surface area contributed by atoms with Crippen LogP contribution in [0.2, 0.25) is 0 Å². The molecule has 2 heterocycles. The van der Waals surface area contributed by atoms with Crippen molar-refractivity contribution in [2.24, 2.45) is 0 Å². The van der Waals surface area contributed by atoms with Crippen LogP contribution in [0.5, 0.6) is 0 Å². The molecule has 0 spiro atoms. The van der Waals surface area contributed by atoms with Crippen LogP contribution in [-0.2, 0) is 4.74 Å². The number of pyridine rings is 1. The quantitative estimate of drug-likeness (QED) is 0.865. The van der Waals surface area contributed by atoms with Crippen molar-refractivity contribution in [3.05, 3.63) is 36.5 Å². The van der Waals surface area contributed by atoms with E-state index in [1.807, 2.05) is 19.4 Å². The van der Waals surface area contributed by atoms with Gasteiger partial charge in [-0.1, -0.05) is 18.2 Å². The fourth-order valence-electron chi connectivity index (χ4n) is 4.32. The molecule has 2 aromatic rings. The van der Waals surface area contributed by atoms with Gasteiger partial charge >= 0.3 is 0 Å². The first-order chi connectivity index (χ1) is 11.8. The summed E-state index contributed by atoms with van der Waals surface area (Å²) in [5, 5.41) is 1.23. The molecule has 24 heavy (non-hydrogen) atoms. The van der Waals surface area contributed by atoms with Crippen LogP contribution in [0.15, 0.2) is 36.5 Å². The number of hydrogen-bond donors (Lipinski definition) is 0. The zero-order valence-corrected chi connectivity index (χ0v) is 14.5. The smallest absolute Gasteiger partial charge is 0.0935 e. The van der Waals surface area contributed by atoms with Gasteiger partial charge in [0.25, 0.3) is 0 Å². The molecule has 1 saturated heterocycles. The molecule has 1 aliphatic heterocycles. The van der Waals surface area contributed by atoms with Crippen molar-refractivity contribution < 1.29 is 4.74 Å². The lowest BCUT2D eigenvalue weighted by atomic mass is 9.91. The zero-order valence-electron chi connectivity index (χ0n) is 14.5. The van der Waals surface area contributed by atoms with Crippen molar-refractivity contribution in [2.75, 3.05) is 38.2 Å². The lowest BCUT2D eigenvalue weighted by molar-refractivity contribution is 0.0371. The Balaban J connectivity index is 1.41. The standard InChI is InChI=1S/C20H27N3O/c1-24-18-9-7-17(8-10-18)22-12-14-23(15-13-22)19-6-2-4-16-5-3-11-21-20(16)19/h2-6,11,17-18H,7-10,12-15H2,1H3. The molecule has 1 aromatic carbocycles. The Hall–Kier alpha value is -1.65. The van der Waals surface area contributed by atoms with Gasteiger partial charge in [0.1, 0.15) is 0 Å². The fourth-order valence-corrected chi connectivity index (χ4v) is 4.32. The van der Waals surface area contributed by atoms with Crippen LogP contribution in [0.4, 0.5) is 5.69 Å². The minimum atomic E-state index is 0.490. The fraction of sp³-hybridized carbons (Fsp3) is 0.550. The summed E-state index contributed by atoms with van der Waals surface area (Å²) in [6, 6.07) is 11.4. The maximum Gasteiger partial charge on any atom is 0.0935 e. The Morgan fingerprint density at radius 2 is 1.71 bits per heavy atom. The molecule has 1 saturated carbocycles. The lowest BCUT2D eigenvalue weighted by Gasteiger charge is -2.42. The highest BCUT2D eigenvalue weighted by Crippen LogP contribution is 2.29. The van der Waals surface area contributed by atoms with Crippen molar-refractivity contribution in [2.45, 2.75) is 37.8 Å². The predicted octanol–water partition coefficient (Wildman–Crippen LogP) is 3.31. The second kappa shape index (κ2) is 7.08. The van der Waals surface area contributed by atoms with E-state index in [9.17, 15) is 0 Å². The maximum atomic E-state index is 5.51. The number of ether oxygens (including phenoxy) is 1. The SMILES string of the molecule is COC1CCC(N2CCN(c3cccc4cccnc34)CC2)CC1. The summed E-state index contributed by atoms with van der Waals surface area (Å²) >= 11 is 0. The van der Waals surface area contributed by atoms with Crippen LogP contribution in [0.1, 0.15) is 25.7 Å². The third kappa shape index (κ3) is 3.13. The number of rotatable bonds is 3. The Morgan fingerprint density at radius 3 is 2.46 bits per heavy atom. The number of fused-ring (bicyclic) bond motifs is 1. The first-order valence-electron chi connectivity index (χ1n) is 9.20. The molecule has 0 radical (unpaired) electrons. The maximum absolute atomic E-state index is 5.51. The van der Waals surface area contributed by atoms with Gasteiger partial charge in [-0.2, -0.15) is 0 Å². The van der Waals surface area contributed by atoms with E-state index in [1.54, 1.807) is 0 Å². The number of para-hydroxylation sites is 1. The van der Waals surface area contributed by atoms with E-state index in [-0.39, 0.29) is 0 Å². The third-order valence-electron chi connectivity index (χ3n) is 5.76. The van der Waals surface area contributed by atoms with Crippen molar-refractivity contribution in [1.29, 1.82) is 0 Å². The average Bonchev–Trinajstić information content (AvgIpc) is 2.68. The molecule has 2 fully saturated rings. The van der Waals surface area contributed by atoms with Gasteiger partial charge in [-0.3, -0.25) is 9.88 Å². The summed E-state index contributed by atoms with van der Waals surface area (Å²) in [6.45, 7) is 4.51. The highest BCUT2D eigenvalue weighted by atomic mass is 16.5. The predicted molar refractivity (Wildman–Crippen MR) is 98.6 cm³/mol. The van der Waals surface area contributed by atoms with Crippen LogP contribution < -0.4 is 4.90 Å². The van der Waals surface area contributed by atoms with Gasteiger partial charge in [0, 0.05) is 50.9 Å². The molecular weight excluding hydrogens is 298 g/mol. The molecule has 1 aromatic heterocycles. The van der Waals surface area contributed by atoms with E-state index in [4.69, 9.17) is 4.74 Å². The molecule has 2 aliphatic rings. The van der Waals surface area contributed by atoms with Gasteiger partial charge in [-0.05, 0) is 37.8 Å². The van der Waals surface area contributed by atoms with Crippen molar-refractivity contribution in [3.8, 4) is 0 Å².